The molecule has 34 heavy (non-hydrogen) atoms. The number of fused-ring (bicyclic) bond motifs is 1. The van der Waals surface area contributed by atoms with Crippen molar-refractivity contribution in [1.29, 1.82) is 5.26 Å². The Morgan fingerprint density at radius 2 is 1.65 bits per heavy atom. The molecule has 1 amide bonds. The highest BCUT2D eigenvalue weighted by atomic mass is 16.5. The summed E-state index contributed by atoms with van der Waals surface area (Å²) in [6.07, 6.45) is 1.10. The number of hydrogen-bond donors (Lipinski definition) is 2. The molecule has 0 bridgehead atoms. The van der Waals surface area contributed by atoms with Gasteiger partial charge < -0.3 is 24.4 Å². The number of carbonyl (C=O) groups is 1. The molecule has 0 spiro atoms. The minimum atomic E-state index is -1.16. The molecular formula is C24H29N5O5. The standard InChI is InChI=1S/C24H29N5O5/c1-12-6-13(2)11-29(10-12)24-27-21-20(23(31)28-24)19(15(9-25)22(30)26-21)14-7-17(33-4)18(34-5)8-16(14)32-3/h7-8,12-13,15,19H,6,10-11H2,1-5H3,(H2,26,27,28,30,31). The van der Waals surface area contributed by atoms with E-state index in [0.717, 1.165) is 19.5 Å². The Bertz CT molecular complexity index is 1190. The number of carbonyl (C=O) groups excluding carboxylic acids is 1. The summed E-state index contributed by atoms with van der Waals surface area (Å²) in [5.74, 6) is 0.0487. The minimum Gasteiger partial charge on any atom is -0.496 e. The maximum Gasteiger partial charge on any atom is 0.258 e. The first-order valence-electron chi connectivity index (χ1n) is 11.2. The largest absolute Gasteiger partial charge is 0.496 e. The molecule has 2 N–H and O–H groups in total. The number of nitriles is 1. The van der Waals surface area contributed by atoms with E-state index in [-0.39, 0.29) is 11.4 Å². The van der Waals surface area contributed by atoms with E-state index in [2.05, 4.69) is 29.1 Å². The second-order valence-electron chi connectivity index (χ2n) is 9.03. The number of piperidine rings is 1. The Labute approximate surface area is 197 Å². The number of nitrogens with zero attached hydrogens (tertiary/aromatic N) is 3. The van der Waals surface area contributed by atoms with Crippen molar-refractivity contribution in [2.45, 2.75) is 26.2 Å². The summed E-state index contributed by atoms with van der Waals surface area (Å²) in [5, 5.41) is 12.5. The van der Waals surface area contributed by atoms with Gasteiger partial charge in [-0.05, 0) is 24.3 Å². The zero-order chi connectivity index (χ0) is 24.6. The molecular weight excluding hydrogens is 438 g/mol. The van der Waals surface area contributed by atoms with E-state index in [4.69, 9.17) is 14.2 Å². The number of benzene rings is 1. The van der Waals surface area contributed by atoms with Crippen LogP contribution >= 0.6 is 0 Å². The lowest BCUT2D eigenvalue weighted by Gasteiger charge is -2.36. The molecule has 1 aromatic carbocycles. The van der Waals surface area contributed by atoms with Crippen LogP contribution in [0.15, 0.2) is 16.9 Å². The number of rotatable bonds is 5. The first-order valence-corrected chi connectivity index (χ1v) is 11.2. The maximum absolute atomic E-state index is 13.4. The number of nitrogens with one attached hydrogen (secondary N) is 2. The maximum atomic E-state index is 13.4. The van der Waals surface area contributed by atoms with Crippen molar-refractivity contribution in [3.05, 3.63) is 33.6 Å². The van der Waals surface area contributed by atoms with Crippen LogP contribution < -0.4 is 30.0 Å². The summed E-state index contributed by atoms with van der Waals surface area (Å²) >= 11 is 0. The molecule has 2 aromatic rings. The van der Waals surface area contributed by atoms with Gasteiger partial charge in [-0.2, -0.15) is 10.2 Å². The van der Waals surface area contributed by atoms with Gasteiger partial charge in [-0.25, -0.2) is 0 Å². The molecule has 0 radical (unpaired) electrons. The highest BCUT2D eigenvalue weighted by molar-refractivity contribution is 5.98. The van der Waals surface area contributed by atoms with E-state index in [9.17, 15) is 14.9 Å². The van der Waals surface area contributed by atoms with Crippen LogP contribution in [0, 0.1) is 29.1 Å². The fraction of sp³-hybridized carbons (Fsp3) is 0.500. The summed E-state index contributed by atoms with van der Waals surface area (Å²) in [6.45, 7) is 5.84. The highest BCUT2D eigenvalue weighted by Crippen LogP contribution is 2.45. The third-order valence-corrected chi connectivity index (χ3v) is 6.49. The number of amides is 1. The normalized spacial score (nSPS) is 24.0. The molecule has 10 heteroatoms. The van der Waals surface area contributed by atoms with Crippen LogP contribution in [0.4, 0.5) is 11.8 Å². The summed E-state index contributed by atoms with van der Waals surface area (Å²) in [6, 6.07) is 5.29. The zero-order valence-electron chi connectivity index (χ0n) is 20.0. The van der Waals surface area contributed by atoms with Gasteiger partial charge in [0, 0.05) is 30.6 Å². The third-order valence-electron chi connectivity index (χ3n) is 6.49. The Hall–Kier alpha value is -3.74. The molecule has 2 aliphatic rings. The molecule has 2 aliphatic heterocycles. The van der Waals surface area contributed by atoms with Crippen LogP contribution in [0.25, 0.3) is 0 Å². The number of aromatic nitrogens is 2. The Kier molecular flexibility index (Phi) is 6.37. The molecule has 4 unspecified atom stereocenters. The highest BCUT2D eigenvalue weighted by Gasteiger charge is 2.42. The van der Waals surface area contributed by atoms with Gasteiger partial charge in [0.15, 0.2) is 11.5 Å². The minimum absolute atomic E-state index is 0.156. The van der Waals surface area contributed by atoms with E-state index < -0.39 is 23.3 Å². The van der Waals surface area contributed by atoms with Crippen molar-refractivity contribution >= 4 is 17.7 Å². The topological polar surface area (TPSA) is 130 Å². The molecule has 1 aromatic heterocycles. The van der Waals surface area contributed by atoms with Crippen molar-refractivity contribution < 1.29 is 19.0 Å². The molecule has 10 nitrogen and oxygen atoms in total. The summed E-state index contributed by atoms with van der Waals surface area (Å²) in [7, 11) is 4.45. The predicted octanol–water partition coefficient (Wildman–Crippen LogP) is 2.50. The van der Waals surface area contributed by atoms with Gasteiger partial charge in [-0.1, -0.05) is 13.8 Å². The quantitative estimate of drug-likeness (QED) is 0.686. The SMILES string of the molecule is COc1cc(OC)c(C2c3c(nc(N4CC(C)CC(C)C4)[nH]c3=O)NC(=O)C2C#N)cc1OC. The van der Waals surface area contributed by atoms with Gasteiger partial charge >= 0.3 is 0 Å². The molecule has 1 fully saturated rings. The predicted molar refractivity (Wildman–Crippen MR) is 126 cm³/mol. The molecule has 4 atom stereocenters. The molecule has 0 saturated carbocycles. The number of aromatic amines is 1. The number of ether oxygens (including phenoxy) is 3. The summed E-state index contributed by atoms with van der Waals surface area (Å²) < 4.78 is 16.3. The van der Waals surface area contributed by atoms with Gasteiger partial charge in [-0.15, -0.1) is 0 Å². The fourth-order valence-electron chi connectivity index (χ4n) is 5.12. The van der Waals surface area contributed by atoms with Crippen LogP contribution in [0.3, 0.4) is 0 Å². The molecule has 0 aliphatic carbocycles. The third kappa shape index (κ3) is 4.02. The number of H-pyrrole nitrogens is 1. The van der Waals surface area contributed by atoms with Crippen LogP contribution in [0.1, 0.15) is 37.3 Å². The van der Waals surface area contributed by atoms with E-state index in [1.807, 2.05) is 11.0 Å². The fourth-order valence-corrected chi connectivity index (χ4v) is 5.12. The van der Waals surface area contributed by atoms with Crippen LogP contribution in [-0.4, -0.2) is 50.3 Å². The lowest BCUT2D eigenvalue weighted by atomic mass is 9.78. The zero-order valence-corrected chi connectivity index (χ0v) is 20.0. The number of hydrogen-bond acceptors (Lipinski definition) is 8. The van der Waals surface area contributed by atoms with Gasteiger partial charge in [0.2, 0.25) is 11.9 Å². The van der Waals surface area contributed by atoms with Gasteiger partial charge in [0.25, 0.3) is 5.56 Å². The lowest BCUT2D eigenvalue weighted by Crippen LogP contribution is -2.43. The van der Waals surface area contributed by atoms with E-state index in [1.165, 1.54) is 21.3 Å². The average Bonchev–Trinajstić information content (AvgIpc) is 2.81. The van der Waals surface area contributed by atoms with Crippen LogP contribution in [0.2, 0.25) is 0 Å². The monoisotopic (exact) mass is 467 g/mol. The number of anilines is 2. The average molecular weight is 468 g/mol. The summed E-state index contributed by atoms with van der Waals surface area (Å²) in [5.41, 5.74) is 0.259. The Morgan fingerprint density at radius 1 is 1.03 bits per heavy atom. The van der Waals surface area contributed by atoms with E-state index >= 15 is 0 Å². The first kappa shape index (κ1) is 23.4. The summed E-state index contributed by atoms with van der Waals surface area (Å²) in [4.78, 5) is 36.0. The van der Waals surface area contributed by atoms with Gasteiger partial charge in [0.1, 0.15) is 17.5 Å². The van der Waals surface area contributed by atoms with Crippen molar-refractivity contribution in [2.75, 3.05) is 44.6 Å². The van der Waals surface area contributed by atoms with Crippen LogP contribution in [-0.2, 0) is 4.79 Å². The van der Waals surface area contributed by atoms with Crippen molar-refractivity contribution in [2.24, 2.45) is 17.8 Å². The molecule has 4 rings (SSSR count). The van der Waals surface area contributed by atoms with Gasteiger partial charge in [0.05, 0.1) is 33.0 Å². The Morgan fingerprint density at radius 3 is 2.24 bits per heavy atom. The smallest absolute Gasteiger partial charge is 0.258 e. The molecule has 1 saturated heterocycles. The van der Waals surface area contributed by atoms with Crippen molar-refractivity contribution in [3.8, 4) is 23.3 Å². The van der Waals surface area contributed by atoms with E-state index in [1.54, 1.807) is 12.1 Å². The van der Waals surface area contributed by atoms with Crippen molar-refractivity contribution in [3.63, 3.8) is 0 Å². The van der Waals surface area contributed by atoms with Gasteiger partial charge in [-0.3, -0.25) is 14.6 Å². The second kappa shape index (κ2) is 9.25. The molecule has 3 heterocycles. The first-order chi connectivity index (χ1) is 16.3. The second-order valence-corrected chi connectivity index (χ2v) is 9.03. The number of methoxy groups -OCH3 is 3. The Balaban J connectivity index is 1.89. The van der Waals surface area contributed by atoms with Crippen LogP contribution in [0.5, 0.6) is 17.2 Å². The van der Waals surface area contributed by atoms with E-state index in [0.29, 0.717) is 40.6 Å². The van der Waals surface area contributed by atoms with Crippen molar-refractivity contribution in [1.82, 2.24) is 9.97 Å². The molecule has 180 valence electrons. The lowest BCUT2D eigenvalue weighted by molar-refractivity contribution is -0.119.